The van der Waals surface area contributed by atoms with Gasteiger partial charge < -0.3 is 9.47 Å². The first-order chi connectivity index (χ1) is 25.1. The maximum absolute atomic E-state index is 6.94. The summed E-state index contributed by atoms with van der Waals surface area (Å²) < 4.78 is 11.3. The van der Waals surface area contributed by atoms with E-state index in [9.17, 15) is 0 Å². The number of ether oxygens (including phenoxy) is 2. The minimum absolute atomic E-state index is 0.495. The van der Waals surface area contributed by atoms with Gasteiger partial charge in [0, 0.05) is 58.2 Å². The van der Waals surface area contributed by atoms with Gasteiger partial charge in [0.15, 0.2) is 11.5 Å². The Morgan fingerprint density at radius 2 is 0.922 bits per heavy atom. The Bertz CT molecular complexity index is 2300. The molecule has 51 heavy (non-hydrogen) atoms. The molecule has 2 aliphatic heterocycles. The SMILES string of the molecule is COc1ccc(C2=NC(c3cncnc3)(C3(c4cncnc4)N=C(c4ccccc4)C(c4ccccc4)=N3)N=C2c2ccccc2Cl)cc1OC. The molecule has 0 fully saturated rings. The van der Waals surface area contributed by atoms with Gasteiger partial charge in [-0.2, -0.15) is 0 Å². The Hall–Kier alpha value is -6.39. The predicted molar refractivity (Wildman–Crippen MR) is 197 cm³/mol. The monoisotopic (exact) mass is 688 g/mol. The number of nitrogens with zero attached hydrogens (tertiary/aromatic N) is 8. The Balaban J connectivity index is 1.52. The molecule has 0 aliphatic carbocycles. The quantitative estimate of drug-likeness (QED) is 0.163. The van der Waals surface area contributed by atoms with Gasteiger partial charge in [0.2, 0.25) is 11.3 Å². The number of aromatic nitrogens is 4. The lowest BCUT2D eigenvalue weighted by Crippen LogP contribution is -2.43. The fourth-order valence-corrected chi connectivity index (χ4v) is 6.69. The molecule has 6 aromatic rings. The molecule has 1 unspecified atom stereocenters. The molecule has 0 saturated carbocycles. The summed E-state index contributed by atoms with van der Waals surface area (Å²) in [4.78, 5) is 40.1. The van der Waals surface area contributed by atoms with Crippen molar-refractivity contribution in [2.45, 2.75) is 11.3 Å². The number of aliphatic imine (C=N–C) groups is 4. The van der Waals surface area contributed by atoms with E-state index >= 15 is 0 Å². The lowest BCUT2D eigenvalue weighted by atomic mass is 9.84. The van der Waals surface area contributed by atoms with Crippen molar-refractivity contribution >= 4 is 34.4 Å². The zero-order valence-corrected chi connectivity index (χ0v) is 28.3. The Morgan fingerprint density at radius 1 is 0.471 bits per heavy atom. The molecule has 0 spiro atoms. The highest BCUT2D eigenvalue weighted by Crippen LogP contribution is 2.54. The van der Waals surface area contributed by atoms with Crippen LogP contribution < -0.4 is 9.47 Å². The number of methoxy groups -OCH3 is 2. The summed E-state index contributed by atoms with van der Waals surface area (Å²) in [6, 6.07) is 33.0. The van der Waals surface area contributed by atoms with Crippen molar-refractivity contribution in [1.29, 1.82) is 0 Å². The number of halogens is 1. The number of hydrogen-bond acceptors (Lipinski definition) is 10. The van der Waals surface area contributed by atoms with Crippen LogP contribution in [0.4, 0.5) is 0 Å². The lowest BCUT2D eigenvalue weighted by molar-refractivity contribution is 0.254. The molecule has 0 saturated heterocycles. The Kier molecular flexibility index (Phi) is 8.21. The van der Waals surface area contributed by atoms with Crippen molar-refractivity contribution in [3.8, 4) is 11.5 Å². The molecule has 0 bridgehead atoms. The van der Waals surface area contributed by atoms with Crippen LogP contribution in [-0.2, 0) is 11.3 Å². The highest BCUT2D eigenvalue weighted by Gasteiger charge is 2.61. The summed E-state index contributed by atoms with van der Waals surface area (Å²) in [5, 5.41) is 0.495. The van der Waals surface area contributed by atoms with E-state index in [4.69, 9.17) is 41.0 Å². The van der Waals surface area contributed by atoms with E-state index in [0.29, 0.717) is 61.6 Å². The zero-order chi connectivity index (χ0) is 34.8. The number of hydrogen-bond donors (Lipinski definition) is 0. The van der Waals surface area contributed by atoms with Gasteiger partial charge in [-0.05, 0) is 24.3 Å². The molecule has 11 heteroatoms. The van der Waals surface area contributed by atoms with E-state index in [1.807, 2.05) is 103 Å². The third-order valence-corrected chi connectivity index (χ3v) is 9.17. The van der Waals surface area contributed by atoms with Gasteiger partial charge in [-0.15, -0.1) is 0 Å². The van der Waals surface area contributed by atoms with E-state index in [1.54, 1.807) is 39.0 Å². The molecule has 2 aliphatic rings. The van der Waals surface area contributed by atoms with Gasteiger partial charge in [0.05, 0.1) is 42.1 Å². The van der Waals surface area contributed by atoms with Crippen LogP contribution in [0.25, 0.3) is 0 Å². The molecule has 10 nitrogen and oxygen atoms in total. The van der Waals surface area contributed by atoms with Crippen molar-refractivity contribution in [3.05, 3.63) is 179 Å². The van der Waals surface area contributed by atoms with Crippen molar-refractivity contribution in [1.82, 2.24) is 19.9 Å². The first kappa shape index (κ1) is 31.9. The standard InChI is InChI=1S/C40H29ClN8O2/c1-50-33-18-17-28(19-34(33)51-2)37-38(31-15-9-10-16-32(31)41)49-40(48-37,30-22-44-25-45-23-30)39(29-20-42-24-43-21-29)46-35(26-11-5-3-6-12-26)36(47-39)27-13-7-4-8-14-27/h3-25H,1-2H3. The van der Waals surface area contributed by atoms with Crippen molar-refractivity contribution in [2.75, 3.05) is 14.2 Å². The van der Waals surface area contributed by atoms with Crippen LogP contribution >= 0.6 is 11.6 Å². The van der Waals surface area contributed by atoms with Crippen LogP contribution in [-0.4, -0.2) is 57.0 Å². The summed E-state index contributed by atoms with van der Waals surface area (Å²) in [7, 11) is 3.19. The average Bonchev–Trinajstić information content (AvgIpc) is 3.82. The predicted octanol–water partition coefficient (Wildman–Crippen LogP) is 6.93. The maximum atomic E-state index is 6.94. The molecule has 4 heterocycles. The molecule has 4 aromatic carbocycles. The summed E-state index contributed by atoms with van der Waals surface area (Å²) in [5.74, 6) is 1.10. The fraction of sp³-hybridized carbons (Fsp3) is 0.100. The lowest BCUT2D eigenvalue weighted by Gasteiger charge is -2.37. The molecule has 248 valence electrons. The van der Waals surface area contributed by atoms with Crippen molar-refractivity contribution < 1.29 is 9.47 Å². The summed E-state index contributed by atoms with van der Waals surface area (Å²) in [5.41, 5.74) is 3.40. The second kappa shape index (κ2) is 13.1. The van der Waals surface area contributed by atoms with Crippen LogP contribution in [0.2, 0.25) is 5.02 Å². The van der Waals surface area contributed by atoms with Crippen LogP contribution in [0, 0.1) is 0 Å². The Morgan fingerprint density at radius 3 is 1.41 bits per heavy atom. The third kappa shape index (κ3) is 5.37. The van der Waals surface area contributed by atoms with E-state index in [-0.39, 0.29) is 0 Å². The molecule has 8 rings (SSSR count). The first-order valence-corrected chi connectivity index (χ1v) is 16.4. The average molecular weight is 689 g/mol. The second-order valence-electron chi connectivity index (χ2n) is 11.7. The van der Waals surface area contributed by atoms with E-state index in [0.717, 1.165) is 11.1 Å². The van der Waals surface area contributed by atoms with Crippen molar-refractivity contribution in [2.24, 2.45) is 20.0 Å². The molecule has 2 aromatic heterocycles. The third-order valence-electron chi connectivity index (χ3n) is 8.84. The minimum atomic E-state index is -1.62. The van der Waals surface area contributed by atoms with Crippen LogP contribution in [0.5, 0.6) is 11.5 Å². The van der Waals surface area contributed by atoms with E-state index in [1.165, 1.54) is 12.7 Å². The fourth-order valence-electron chi connectivity index (χ4n) is 6.46. The molecular formula is C40H29ClN8O2. The van der Waals surface area contributed by atoms with Gasteiger partial charge in [0.25, 0.3) is 0 Å². The maximum Gasteiger partial charge on any atom is 0.229 e. The zero-order valence-electron chi connectivity index (χ0n) is 27.6. The van der Waals surface area contributed by atoms with Gasteiger partial charge in [0.1, 0.15) is 12.7 Å². The molecule has 0 amide bonds. The number of rotatable bonds is 9. The normalized spacial score (nSPS) is 17.6. The van der Waals surface area contributed by atoms with Crippen LogP contribution in [0.3, 0.4) is 0 Å². The smallest absolute Gasteiger partial charge is 0.229 e. The Labute approximate surface area is 299 Å². The van der Waals surface area contributed by atoms with E-state index < -0.39 is 11.3 Å². The molecular weight excluding hydrogens is 660 g/mol. The highest BCUT2D eigenvalue weighted by atomic mass is 35.5. The largest absolute Gasteiger partial charge is 0.493 e. The molecule has 0 radical (unpaired) electrons. The summed E-state index contributed by atoms with van der Waals surface area (Å²) in [6.45, 7) is 0. The summed E-state index contributed by atoms with van der Waals surface area (Å²) >= 11 is 6.94. The highest BCUT2D eigenvalue weighted by molar-refractivity contribution is 6.57. The number of benzene rings is 4. The van der Waals surface area contributed by atoms with E-state index in [2.05, 4.69) is 19.9 Å². The first-order valence-electron chi connectivity index (χ1n) is 16.1. The van der Waals surface area contributed by atoms with Crippen LogP contribution in [0.15, 0.2) is 161 Å². The van der Waals surface area contributed by atoms with Gasteiger partial charge in [-0.3, -0.25) is 0 Å². The van der Waals surface area contributed by atoms with Crippen LogP contribution in [0.1, 0.15) is 33.4 Å². The molecule has 0 N–H and O–H groups in total. The topological polar surface area (TPSA) is 119 Å². The minimum Gasteiger partial charge on any atom is -0.493 e. The van der Waals surface area contributed by atoms with Gasteiger partial charge in [-0.1, -0.05) is 90.5 Å². The summed E-state index contributed by atoms with van der Waals surface area (Å²) in [6.07, 6.45) is 9.74. The van der Waals surface area contributed by atoms with Gasteiger partial charge in [-0.25, -0.2) is 39.9 Å². The molecule has 1 atom stereocenters. The van der Waals surface area contributed by atoms with Gasteiger partial charge >= 0.3 is 0 Å². The second-order valence-corrected chi connectivity index (χ2v) is 12.1. The van der Waals surface area contributed by atoms with Crippen molar-refractivity contribution in [3.63, 3.8) is 0 Å².